The lowest BCUT2D eigenvalue weighted by Crippen LogP contribution is -2.46. The summed E-state index contributed by atoms with van der Waals surface area (Å²) in [4.78, 5) is 14.3. The smallest absolute Gasteiger partial charge is 0.349 e. The van der Waals surface area contributed by atoms with E-state index in [-0.39, 0.29) is 11.6 Å². The standard InChI is InChI=1S/C14H18N4O2/c1-4-10-6-5-7-11-12(10)15-16-18(11)13(19)17-9-20-8-14(17,2)3/h5-7H,4,8-9H2,1-3H3. The monoisotopic (exact) mass is 274 g/mol. The number of hydrogen-bond donors (Lipinski definition) is 0. The first-order valence-electron chi connectivity index (χ1n) is 6.77. The number of aromatic nitrogens is 3. The maximum absolute atomic E-state index is 12.6. The number of ether oxygens (including phenoxy) is 1. The molecule has 0 saturated carbocycles. The van der Waals surface area contributed by atoms with Crippen molar-refractivity contribution >= 4 is 17.1 Å². The zero-order valence-corrected chi connectivity index (χ0v) is 12.0. The zero-order valence-electron chi connectivity index (χ0n) is 12.0. The van der Waals surface area contributed by atoms with E-state index < -0.39 is 0 Å². The zero-order chi connectivity index (χ0) is 14.3. The van der Waals surface area contributed by atoms with E-state index in [4.69, 9.17) is 4.74 Å². The van der Waals surface area contributed by atoms with Gasteiger partial charge in [0.15, 0.2) is 0 Å². The van der Waals surface area contributed by atoms with Crippen LogP contribution in [0, 0.1) is 0 Å². The molecule has 6 heteroatoms. The molecule has 1 amide bonds. The molecule has 1 aromatic heterocycles. The van der Waals surface area contributed by atoms with Crippen molar-refractivity contribution in [2.24, 2.45) is 0 Å². The van der Waals surface area contributed by atoms with Gasteiger partial charge in [0.1, 0.15) is 12.2 Å². The van der Waals surface area contributed by atoms with Gasteiger partial charge in [-0.1, -0.05) is 24.3 Å². The largest absolute Gasteiger partial charge is 0.359 e. The van der Waals surface area contributed by atoms with Gasteiger partial charge < -0.3 is 4.74 Å². The molecule has 2 heterocycles. The van der Waals surface area contributed by atoms with Crippen molar-refractivity contribution in [2.45, 2.75) is 32.7 Å². The first-order valence-corrected chi connectivity index (χ1v) is 6.77. The molecule has 0 spiro atoms. The minimum absolute atomic E-state index is 0.191. The van der Waals surface area contributed by atoms with Gasteiger partial charge in [-0.15, -0.1) is 5.10 Å². The highest BCUT2D eigenvalue weighted by Crippen LogP contribution is 2.24. The first-order chi connectivity index (χ1) is 9.54. The Kier molecular flexibility index (Phi) is 2.97. The Morgan fingerprint density at radius 2 is 2.25 bits per heavy atom. The Hall–Kier alpha value is -1.95. The first kappa shape index (κ1) is 13.1. The van der Waals surface area contributed by atoms with Crippen LogP contribution >= 0.6 is 0 Å². The van der Waals surface area contributed by atoms with Crippen LogP contribution in [0.25, 0.3) is 11.0 Å². The Balaban J connectivity index is 2.05. The van der Waals surface area contributed by atoms with Crippen molar-refractivity contribution < 1.29 is 9.53 Å². The fourth-order valence-electron chi connectivity index (χ4n) is 2.50. The van der Waals surface area contributed by atoms with Crippen LogP contribution in [0.3, 0.4) is 0 Å². The maximum Gasteiger partial charge on any atom is 0.349 e. The van der Waals surface area contributed by atoms with Crippen LogP contribution in [0.5, 0.6) is 0 Å². The molecule has 1 fully saturated rings. The van der Waals surface area contributed by atoms with Crippen molar-refractivity contribution in [3.63, 3.8) is 0 Å². The average Bonchev–Trinajstić information content (AvgIpc) is 3.00. The second-order valence-electron chi connectivity index (χ2n) is 5.64. The molecule has 1 aliphatic rings. The quantitative estimate of drug-likeness (QED) is 0.798. The highest BCUT2D eigenvalue weighted by Gasteiger charge is 2.38. The van der Waals surface area contributed by atoms with Crippen LogP contribution in [-0.4, -0.2) is 44.8 Å². The molecule has 6 nitrogen and oxygen atoms in total. The number of fused-ring (bicyclic) bond motifs is 1. The van der Waals surface area contributed by atoms with Gasteiger partial charge in [-0.3, -0.25) is 4.90 Å². The van der Waals surface area contributed by atoms with Crippen molar-refractivity contribution in [3.8, 4) is 0 Å². The fourth-order valence-corrected chi connectivity index (χ4v) is 2.50. The summed E-state index contributed by atoms with van der Waals surface area (Å²) in [7, 11) is 0. The van der Waals surface area contributed by atoms with E-state index >= 15 is 0 Å². The predicted molar refractivity (Wildman–Crippen MR) is 74.4 cm³/mol. The summed E-state index contributed by atoms with van der Waals surface area (Å²) in [5, 5.41) is 8.19. The Morgan fingerprint density at radius 1 is 1.45 bits per heavy atom. The molecule has 0 atom stereocenters. The second kappa shape index (κ2) is 4.56. The number of aryl methyl sites for hydroxylation is 1. The van der Waals surface area contributed by atoms with Gasteiger partial charge in [0.2, 0.25) is 0 Å². The van der Waals surface area contributed by atoms with E-state index in [0.29, 0.717) is 13.3 Å². The van der Waals surface area contributed by atoms with Crippen molar-refractivity contribution in [3.05, 3.63) is 23.8 Å². The van der Waals surface area contributed by atoms with Crippen LogP contribution in [0.2, 0.25) is 0 Å². The topological polar surface area (TPSA) is 60.2 Å². The van der Waals surface area contributed by atoms with Crippen molar-refractivity contribution in [1.82, 2.24) is 19.9 Å². The maximum atomic E-state index is 12.6. The lowest BCUT2D eigenvalue weighted by molar-refractivity contribution is 0.138. The molecule has 3 rings (SSSR count). The van der Waals surface area contributed by atoms with Crippen molar-refractivity contribution in [1.29, 1.82) is 0 Å². The summed E-state index contributed by atoms with van der Waals surface area (Å²) in [5.74, 6) is 0. The molecule has 106 valence electrons. The average molecular weight is 274 g/mol. The van der Waals surface area contributed by atoms with Crippen LogP contribution < -0.4 is 0 Å². The number of rotatable bonds is 1. The molecule has 0 aliphatic carbocycles. The third-order valence-electron chi connectivity index (χ3n) is 3.76. The van der Waals surface area contributed by atoms with E-state index in [2.05, 4.69) is 17.2 Å². The van der Waals surface area contributed by atoms with Gasteiger partial charge in [0.05, 0.1) is 17.7 Å². The van der Waals surface area contributed by atoms with Crippen LogP contribution in [0.1, 0.15) is 26.3 Å². The second-order valence-corrected chi connectivity index (χ2v) is 5.64. The molecular formula is C14H18N4O2. The number of nitrogens with zero attached hydrogens (tertiary/aromatic N) is 4. The van der Waals surface area contributed by atoms with Gasteiger partial charge in [-0.2, -0.15) is 4.68 Å². The van der Waals surface area contributed by atoms with Gasteiger partial charge in [-0.25, -0.2) is 4.79 Å². The molecule has 0 unspecified atom stereocenters. The van der Waals surface area contributed by atoms with Crippen LogP contribution in [0.15, 0.2) is 18.2 Å². The lowest BCUT2D eigenvalue weighted by atomic mass is 10.1. The normalized spacial score (nSPS) is 17.9. The Bertz CT molecular complexity index is 662. The number of carbonyl (C=O) groups excluding carboxylic acids is 1. The predicted octanol–water partition coefficient (Wildman–Crippen LogP) is 2.03. The third-order valence-corrected chi connectivity index (χ3v) is 3.76. The van der Waals surface area contributed by atoms with Gasteiger partial charge in [0.25, 0.3) is 0 Å². The van der Waals surface area contributed by atoms with Crippen LogP contribution in [0.4, 0.5) is 4.79 Å². The molecule has 1 aromatic carbocycles. The summed E-state index contributed by atoms with van der Waals surface area (Å²) in [6, 6.07) is 5.62. The summed E-state index contributed by atoms with van der Waals surface area (Å²) in [5.41, 5.74) is 2.31. The van der Waals surface area contributed by atoms with Gasteiger partial charge in [0, 0.05) is 0 Å². The van der Waals surface area contributed by atoms with Crippen LogP contribution in [-0.2, 0) is 11.2 Å². The number of amides is 1. The number of benzene rings is 1. The summed E-state index contributed by atoms with van der Waals surface area (Å²) < 4.78 is 6.76. The molecular weight excluding hydrogens is 256 g/mol. The van der Waals surface area contributed by atoms with E-state index in [1.165, 1.54) is 4.68 Å². The van der Waals surface area contributed by atoms with E-state index in [0.717, 1.165) is 23.0 Å². The molecule has 1 saturated heterocycles. The third kappa shape index (κ3) is 1.87. The molecule has 1 aliphatic heterocycles. The minimum atomic E-state index is -0.322. The molecule has 2 aromatic rings. The summed E-state index contributed by atoms with van der Waals surface area (Å²) in [6.07, 6.45) is 0.864. The fraction of sp³-hybridized carbons (Fsp3) is 0.500. The highest BCUT2D eigenvalue weighted by molar-refractivity contribution is 5.89. The molecule has 0 radical (unpaired) electrons. The van der Waals surface area contributed by atoms with E-state index in [1.54, 1.807) is 4.90 Å². The van der Waals surface area contributed by atoms with E-state index in [9.17, 15) is 4.79 Å². The molecule has 0 bridgehead atoms. The minimum Gasteiger partial charge on any atom is -0.359 e. The Morgan fingerprint density at radius 3 is 2.90 bits per heavy atom. The Labute approximate surface area is 117 Å². The molecule has 20 heavy (non-hydrogen) atoms. The van der Waals surface area contributed by atoms with Gasteiger partial charge >= 0.3 is 6.03 Å². The molecule has 0 N–H and O–H groups in total. The SMILES string of the molecule is CCc1cccc2c1nnn2C(=O)N1COCC1(C)C. The highest BCUT2D eigenvalue weighted by atomic mass is 16.5. The lowest BCUT2D eigenvalue weighted by Gasteiger charge is -2.28. The van der Waals surface area contributed by atoms with Gasteiger partial charge in [-0.05, 0) is 31.9 Å². The number of carbonyl (C=O) groups is 1. The summed E-state index contributed by atoms with van der Waals surface area (Å²) >= 11 is 0. The van der Waals surface area contributed by atoms with Crippen molar-refractivity contribution in [2.75, 3.05) is 13.3 Å². The number of hydrogen-bond acceptors (Lipinski definition) is 4. The summed E-state index contributed by atoms with van der Waals surface area (Å²) in [6.45, 7) is 6.85. The van der Waals surface area contributed by atoms with E-state index in [1.807, 2.05) is 32.0 Å².